The van der Waals surface area contributed by atoms with Crippen LogP contribution in [0.15, 0.2) is 24.5 Å². The van der Waals surface area contributed by atoms with Crippen molar-refractivity contribution in [1.29, 1.82) is 0 Å². The van der Waals surface area contributed by atoms with E-state index in [1.54, 1.807) is 4.68 Å². The number of rotatable bonds is 3. The lowest BCUT2D eigenvalue weighted by Gasteiger charge is -2.07. The molecule has 2 aromatic heterocycles. The van der Waals surface area contributed by atoms with E-state index in [1.807, 2.05) is 38.5 Å². The molecule has 0 amide bonds. The van der Waals surface area contributed by atoms with E-state index >= 15 is 0 Å². The number of aryl methyl sites for hydroxylation is 2. The third-order valence-electron chi connectivity index (χ3n) is 2.28. The van der Waals surface area contributed by atoms with Crippen LogP contribution in [-0.4, -0.2) is 14.8 Å². The van der Waals surface area contributed by atoms with Gasteiger partial charge in [0.25, 0.3) is 0 Å². The average molecular weight is 217 g/mol. The van der Waals surface area contributed by atoms with E-state index in [0.29, 0.717) is 12.2 Å². The minimum atomic E-state index is 0.662. The van der Waals surface area contributed by atoms with Crippen molar-refractivity contribution in [3.8, 4) is 0 Å². The fraction of sp³-hybridized carbons (Fsp3) is 0.273. The van der Waals surface area contributed by atoms with Crippen molar-refractivity contribution >= 4 is 11.5 Å². The molecule has 0 fully saturated rings. The Hall–Kier alpha value is -2.04. The summed E-state index contributed by atoms with van der Waals surface area (Å²) in [6.45, 7) is 2.61. The van der Waals surface area contributed by atoms with Crippen LogP contribution in [0.4, 0.5) is 11.5 Å². The van der Waals surface area contributed by atoms with Gasteiger partial charge in [0, 0.05) is 31.0 Å². The summed E-state index contributed by atoms with van der Waals surface area (Å²) in [5.74, 6) is 0.726. The molecular formula is C11H15N5. The first kappa shape index (κ1) is 10.5. The number of anilines is 2. The molecule has 0 aliphatic heterocycles. The summed E-state index contributed by atoms with van der Waals surface area (Å²) in [6, 6.07) is 3.75. The van der Waals surface area contributed by atoms with Crippen LogP contribution in [0.25, 0.3) is 0 Å². The molecule has 5 nitrogen and oxygen atoms in total. The molecule has 84 valence electrons. The molecule has 0 atom stereocenters. The van der Waals surface area contributed by atoms with Gasteiger partial charge in [-0.15, -0.1) is 0 Å². The Balaban J connectivity index is 2.07. The topological polar surface area (TPSA) is 68.8 Å². The third-order valence-corrected chi connectivity index (χ3v) is 2.28. The van der Waals surface area contributed by atoms with Crippen molar-refractivity contribution < 1.29 is 0 Å². The van der Waals surface area contributed by atoms with Gasteiger partial charge in [-0.05, 0) is 19.1 Å². The fourth-order valence-corrected chi connectivity index (χ4v) is 1.46. The number of nitrogens with one attached hydrogen (secondary N) is 1. The van der Waals surface area contributed by atoms with Gasteiger partial charge in [-0.25, -0.2) is 4.98 Å². The minimum absolute atomic E-state index is 0.662. The molecule has 0 aliphatic carbocycles. The molecule has 2 rings (SSSR count). The van der Waals surface area contributed by atoms with Crippen molar-refractivity contribution in [2.75, 3.05) is 11.1 Å². The first-order chi connectivity index (χ1) is 7.65. The molecule has 2 heterocycles. The van der Waals surface area contributed by atoms with Gasteiger partial charge >= 0.3 is 0 Å². The highest BCUT2D eigenvalue weighted by Gasteiger charge is 2.01. The monoisotopic (exact) mass is 217 g/mol. The standard InChI is InChI=1S/C11H15N5/c1-8-3-4-10(12)11(15-8)13-5-9-6-14-16(2)7-9/h3-4,6-7H,5,12H2,1-2H3,(H,13,15). The molecule has 16 heavy (non-hydrogen) atoms. The van der Waals surface area contributed by atoms with Crippen molar-refractivity contribution in [2.24, 2.45) is 7.05 Å². The first-order valence-electron chi connectivity index (χ1n) is 5.09. The summed E-state index contributed by atoms with van der Waals surface area (Å²) in [7, 11) is 1.89. The molecule has 0 spiro atoms. The van der Waals surface area contributed by atoms with E-state index in [0.717, 1.165) is 17.1 Å². The smallest absolute Gasteiger partial charge is 0.149 e. The molecule has 3 N–H and O–H groups in total. The van der Waals surface area contributed by atoms with Crippen molar-refractivity contribution in [1.82, 2.24) is 14.8 Å². The molecule has 0 aromatic carbocycles. The third kappa shape index (κ3) is 2.31. The van der Waals surface area contributed by atoms with Crippen LogP contribution >= 0.6 is 0 Å². The fourth-order valence-electron chi connectivity index (χ4n) is 1.46. The van der Waals surface area contributed by atoms with Crippen molar-refractivity contribution in [3.63, 3.8) is 0 Å². The van der Waals surface area contributed by atoms with E-state index in [9.17, 15) is 0 Å². The number of nitrogen functional groups attached to an aromatic ring is 1. The Morgan fingerprint density at radius 3 is 2.94 bits per heavy atom. The van der Waals surface area contributed by atoms with Crippen LogP contribution in [0.2, 0.25) is 0 Å². The van der Waals surface area contributed by atoms with Gasteiger partial charge in [-0.1, -0.05) is 0 Å². The molecule has 0 unspecified atom stereocenters. The lowest BCUT2D eigenvalue weighted by molar-refractivity contribution is 0.767. The molecule has 0 bridgehead atoms. The minimum Gasteiger partial charge on any atom is -0.396 e. The summed E-state index contributed by atoms with van der Waals surface area (Å²) in [5.41, 5.74) is 8.52. The highest BCUT2D eigenvalue weighted by Crippen LogP contribution is 2.16. The van der Waals surface area contributed by atoms with Crippen LogP contribution in [0.1, 0.15) is 11.3 Å². The lowest BCUT2D eigenvalue weighted by Crippen LogP contribution is -2.04. The van der Waals surface area contributed by atoms with Crippen LogP contribution in [0, 0.1) is 6.92 Å². The average Bonchev–Trinajstić information content (AvgIpc) is 2.66. The van der Waals surface area contributed by atoms with Gasteiger partial charge in [-0.2, -0.15) is 5.10 Å². The van der Waals surface area contributed by atoms with Crippen molar-refractivity contribution in [3.05, 3.63) is 35.8 Å². The number of hydrogen-bond acceptors (Lipinski definition) is 4. The molecule has 5 heteroatoms. The molecule has 0 saturated carbocycles. The van der Waals surface area contributed by atoms with Crippen LogP contribution in [-0.2, 0) is 13.6 Å². The SMILES string of the molecule is Cc1ccc(N)c(NCc2cnn(C)c2)n1. The second-order valence-corrected chi connectivity index (χ2v) is 3.77. The van der Waals surface area contributed by atoms with Gasteiger partial charge in [0.05, 0.1) is 11.9 Å². The molecule has 2 aromatic rings. The zero-order chi connectivity index (χ0) is 11.5. The first-order valence-corrected chi connectivity index (χ1v) is 5.09. The van der Waals surface area contributed by atoms with E-state index in [4.69, 9.17) is 5.73 Å². The van der Waals surface area contributed by atoms with Crippen LogP contribution in [0.5, 0.6) is 0 Å². The largest absolute Gasteiger partial charge is 0.396 e. The zero-order valence-corrected chi connectivity index (χ0v) is 9.44. The molecule has 0 saturated heterocycles. The van der Waals surface area contributed by atoms with Crippen LogP contribution < -0.4 is 11.1 Å². The van der Waals surface area contributed by atoms with E-state index < -0.39 is 0 Å². The zero-order valence-electron chi connectivity index (χ0n) is 9.44. The maximum Gasteiger partial charge on any atom is 0.149 e. The van der Waals surface area contributed by atoms with Gasteiger partial charge in [0.2, 0.25) is 0 Å². The summed E-state index contributed by atoms with van der Waals surface area (Å²) in [6.07, 6.45) is 3.78. The van der Waals surface area contributed by atoms with E-state index in [-0.39, 0.29) is 0 Å². The van der Waals surface area contributed by atoms with Gasteiger partial charge in [0.1, 0.15) is 5.82 Å². The second kappa shape index (κ2) is 4.22. The molecule has 0 radical (unpaired) electrons. The van der Waals surface area contributed by atoms with Crippen molar-refractivity contribution in [2.45, 2.75) is 13.5 Å². The summed E-state index contributed by atoms with van der Waals surface area (Å²) in [4.78, 5) is 4.33. The van der Waals surface area contributed by atoms with Crippen LogP contribution in [0.3, 0.4) is 0 Å². The van der Waals surface area contributed by atoms with Gasteiger partial charge in [0.15, 0.2) is 0 Å². The number of pyridine rings is 1. The summed E-state index contributed by atoms with van der Waals surface area (Å²) >= 11 is 0. The Morgan fingerprint density at radius 1 is 1.44 bits per heavy atom. The quantitative estimate of drug-likeness (QED) is 0.813. The van der Waals surface area contributed by atoms with E-state index in [1.165, 1.54) is 0 Å². The Kier molecular flexibility index (Phi) is 2.76. The number of nitrogens with two attached hydrogens (primary N) is 1. The maximum atomic E-state index is 5.81. The highest BCUT2D eigenvalue weighted by molar-refractivity contribution is 5.61. The normalized spacial score (nSPS) is 10.4. The maximum absolute atomic E-state index is 5.81. The van der Waals surface area contributed by atoms with E-state index in [2.05, 4.69) is 15.4 Å². The lowest BCUT2D eigenvalue weighted by atomic mass is 10.3. The molecular weight excluding hydrogens is 202 g/mol. The summed E-state index contributed by atoms with van der Waals surface area (Å²) < 4.78 is 1.77. The number of hydrogen-bond donors (Lipinski definition) is 2. The number of aromatic nitrogens is 3. The predicted octanol–water partition coefficient (Wildman–Crippen LogP) is 1.32. The Labute approximate surface area is 94.3 Å². The Morgan fingerprint density at radius 2 is 2.25 bits per heavy atom. The highest BCUT2D eigenvalue weighted by atomic mass is 15.2. The van der Waals surface area contributed by atoms with Gasteiger partial charge < -0.3 is 11.1 Å². The van der Waals surface area contributed by atoms with Gasteiger partial charge in [-0.3, -0.25) is 4.68 Å². The predicted molar refractivity (Wildman–Crippen MR) is 63.9 cm³/mol. The number of nitrogens with zero attached hydrogens (tertiary/aromatic N) is 3. The second-order valence-electron chi connectivity index (χ2n) is 3.77. The summed E-state index contributed by atoms with van der Waals surface area (Å²) in [5, 5.41) is 7.29. The Bertz CT molecular complexity index is 489. The molecule has 0 aliphatic rings.